The highest BCUT2D eigenvalue weighted by Crippen LogP contribution is 2.29. The molecule has 6 nitrogen and oxygen atoms in total. The predicted molar refractivity (Wildman–Crippen MR) is 100.0 cm³/mol. The number of sulfone groups is 1. The first kappa shape index (κ1) is 19.6. The van der Waals surface area contributed by atoms with Crippen LogP contribution in [0.2, 0.25) is 0 Å². The van der Waals surface area contributed by atoms with E-state index in [0.717, 1.165) is 23.5 Å². The van der Waals surface area contributed by atoms with Crippen LogP contribution in [0.4, 0.5) is 14.5 Å². The molecule has 1 aromatic heterocycles. The van der Waals surface area contributed by atoms with Gasteiger partial charge in [-0.3, -0.25) is 4.72 Å². The van der Waals surface area contributed by atoms with E-state index in [1.165, 1.54) is 25.1 Å². The average Bonchev–Trinajstić information content (AvgIpc) is 2.97. The first-order valence-corrected chi connectivity index (χ1v) is 11.8. The molecule has 0 fully saturated rings. The van der Waals surface area contributed by atoms with E-state index < -0.39 is 37.2 Å². The van der Waals surface area contributed by atoms with E-state index in [0.29, 0.717) is 16.3 Å². The number of sulfonamides is 1. The fraction of sp³-hybridized carbons (Fsp3) is 0.188. The number of fused-ring (bicyclic) bond motifs is 1. The third-order valence-corrected chi connectivity index (χ3v) is 8.04. The molecule has 144 valence electrons. The molecule has 0 radical (unpaired) electrons. The van der Waals surface area contributed by atoms with Crippen molar-refractivity contribution in [3.63, 3.8) is 0 Å². The molecule has 0 saturated heterocycles. The molecule has 3 rings (SSSR count). The van der Waals surface area contributed by atoms with Crippen LogP contribution in [-0.2, 0) is 25.6 Å². The molecular weight excluding hydrogens is 418 g/mol. The van der Waals surface area contributed by atoms with Crippen LogP contribution in [0.3, 0.4) is 0 Å². The van der Waals surface area contributed by atoms with E-state index in [1.807, 2.05) is 0 Å². The van der Waals surface area contributed by atoms with Crippen LogP contribution >= 0.6 is 11.3 Å². The highest BCUT2D eigenvalue weighted by molar-refractivity contribution is 7.93. The van der Waals surface area contributed by atoms with Gasteiger partial charge < -0.3 is 0 Å². The Morgan fingerprint density at radius 1 is 1.04 bits per heavy atom. The average molecular weight is 432 g/mol. The summed E-state index contributed by atoms with van der Waals surface area (Å²) < 4.78 is 77.6. The molecule has 0 saturated carbocycles. The number of hydrogen-bond donors (Lipinski definition) is 1. The maximum absolute atomic E-state index is 13.2. The van der Waals surface area contributed by atoms with Crippen molar-refractivity contribution in [2.24, 2.45) is 0 Å². The number of nitrogens with one attached hydrogen (secondary N) is 1. The van der Waals surface area contributed by atoms with Gasteiger partial charge in [0, 0.05) is 6.07 Å². The van der Waals surface area contributed by atoms with Crippen LogP contribution < -0.4 is 4.72 Å². The Morgan fingerprint density at radius 2 is 1.70 bits per heavy atom. The molecule has 1 N–H and O–H groups in total. The highest BCUT2D eigenvalue weighted by Gasteiger charge is 2.18. The van der Waals surface area contributed by atoms with Gasteiger partial charge in [-0.25, -0.2) is 30.6 Å². The van der Waals surface area contributed by atoms with Gasteiger partial charge in [-0.15, -0.1) is 11.3 Å². The molecule has 2 aromatic carbocycles. The van der Waals surface area contributed by atoms with Crippen molar-refractivity contribution in [3.05, 3.63) is 53.6 Å². The molecule has 0 bridgehead atoms. The second-order valence-corrected chi connectivity index (χ2v) is 10.9. The summed E-state index contributed by atoms with van der Waals surface area (Å²) in [5, 5.41) is 0. The molecule has 0 amide bonds. The van der Waals surface area contributed by atoms with Gasteiger partial charge >= 0.3 is 0 Å². The zero-order chi connectivity index (χ0) is 19.8. The maximum atomic E-state index is 13.2. The summed E-state index contributed by atoms with van der Waals surface area (Å²) in [4.78, 5) is 4.05. The normalized spacial score (nSPS) is 12.4. The molecule has 0 aliphatic carbocycles. The van der Waals surface area contributed by atoms with Crippen molar-refractivity contribution in [1.29, 1.82) is 0 Å². The summed E-state index contributed by atoms with van der Waals surface area (Å²) in [6.45, 7) is 1.51. The third-order valence-electron chi connectivity index (χ3n) is 3.57. The zero-order valence-corrected chi connectivity index (χ0v) is 16.4. The quantitative estimate of drug-likeness (QED) is 0.645. The summed E-state index contributed by atoms with van der Waals surface area (Å²) in [6, 6.07) is 6.94. The second kappa shape index (κ2) is 7.13. The van der Waals surface area contributed by atoms with Gasteiger partial charge in [0.1, 0.15) is 11.6 Å². The van der Waals surface area contributed by atoms with Gasteiger partial charge in [0.05, 0.1) is 27.4 Å². The van der Waals surface area contributed by atoms with Crippen molar-refractivity contribution < 1.29 is 25.6 Å². The summed E-state index contributed by atoms with van der Waals surface area (Å²) in [5.74, 6) is -2.43. The Bertz CT molecular complexity index is 1200. The maximum Gasteiger partial charge on any atom is 0.236 e. The summed E-state index contributed by atoms with van der Waals surface area (Å²) in [7, 11) is -7.39. The van der Waals surface area contributed by atoms with Gasteiger partial charge in [0.2, 0.25) is 24.2 Å². The Labute approximate surface area is 158 Å². The molecule has 3 aromatic rings. The minimum atomic E-state index is -3.93. The second-order valence-electron chi connectivity index (χ2n) is 5.70. The number of aromatic nitrogens is 1. The lowest BCUT2D eigenvalue weighted by Crippen LogP contribution is -2.15. The van der Waals surface area contributed by atoms with Gasteiger partial charge in [0.15, 0.2) is 0 Å². The van der Waals surface area contributed by atoms with Crippen molar-refractivity contribution in [2.75, 3.05) is 10.5 Å². The van der Waals surface area contributed by atoms with Crippen molar-refractivity contribution >= 4 is 47.1 Å². The number of thiazole rings is 1. The molecule has 0 aliphatic heterocycles. The van der Waals surface area contributed by atoms with Crippen LogP contribution in [0, 0.1) is 11.6 Å². The smallest absolute Gasteiger partial charge is 0.236 e. The van der Waals surface area contributed by atoms with Gasteiger partial charge in [0.25, 0.3) is 0 Å². The van der Waals surface area contributed by atoms with Crippen molar-refractivity contribution in [1.82, 2.24) is 4.98 Å². The number of rotatable bonds is 6. The van der Waals surface area contributed by atoms with Crippen LogP contribution in [0.1, 0.15) is 12.5 Å². The van der Waals surface area contributed by atoms with E-state index in [9.17, 15) is 25.6 Å². The molecule has 0 atom stereocenters. The van der Waals surface area contributed by atoms with E-state index in [2.05, 4.69) is 9.71 Å². The molecule has 27 heavy (non-hydrogen) atoms. The predicted octanol–water partition coefficient (Wildman–Crippen LogP) is 3.31. The summed E-state index contributed by atoms with van der Waals surface area (Å²) >= 11 is 0.944. The third kappa shape index (κ3) is 4.60. The minimum Gasteiger partial charge on any atom is -0.283 e. The summed E-state index contributed by atoms with van der Waals surface area (Å²) in [6.07, 6.45) is 0. The number of halogens is 2. The fourth-order valence-electron chi connectivity index (χ4n) is 2.35. The molecule has 11 heteroatoms. The Kier molecular flexibility index (Phi) is 5.19. The SMILES string of the molecule is CCS(=O)(=O)c1nc2ccc(NS(=O)(=O)Cc3cc(F)cc(F)c3)cc2s1. The van der Waals surface area contributed by atoms with Crippen molar-refractivity contribution in [3.8, 4) is 0 Å². The largest absolute Gasteiger partial charge is 0.283 e. The van der Waals surface area contributed by atoms with Crippen LogP contribution in [0.5, 0.6) is 0 Å². The molecule has 0 aliphatic rings. The molecule has 0 spiro atoms. The number of hydrogen-bond acceptors (Lipinski definition) is 6. The standard InChI is InChI=1S/C16H14F2N2O4S3/c1-2-26(21,22)16-19-14-4-3-13(8-15(14)25-16)20-27(23,24)9-10-5-11(17)7-12(18)6-10/h3-8,20H,2,9H2,1H3. The Balaban J connectivity index is 1.86. The lowest BCUT2D eigenvalue weighted by atomic mass is 10.2. The number of anilines is 1. The first-order valence-electron chi connectivity index (χ1n) is 7.67. The first-order chi connectivity index (χ1) is 12.6. The van der Waals surface area contributed by atoms with E-state index in [1.54, 1.807) is 0 Å². The molecule has 0 unspecified atom stereocenters. The van der Waals surface area contributed by atoms with Gasteiger partial charge in [-0.2, -0.15) is 0 Å². The lowest BCUT2D eigenvalue weighted by molar-refractivity contribution is 0.579. The van der Waals surface area contributed by atoms with E-state index in [4.69, 9.17) is 0 Å². The fourth-order valence-corrected chi connectivity index (χ4v) is 5.87. The van der Waals surface area contributed by atoms with Crippen molar-refractivity contribution in [2.45, 2.75) is 17.0 Å². The topological polar surface area (TPSA) is 93.2 Å². The van der Waals surface area contributed by atoms with Crippen LogP contribution in [-0.4, -0.2) is 27.6 Å². The lowest BCUT2D eigenvalue weighted by Gasteiger charge is -2.08. The molecule has 1 heterocycles. The van der Waals surface area contributed by atoms with E-state index >= 15 is 0 Å². The van der Waals surface area contributed by atoms with Crippen LogP contribution in [0.15, 0.2) is 40.7 Å². The highest BCUT2D eigenvalue weighted by atomic mass is 32.2. The van der Waals surface area contributed by atoms with Gasteiger partial charge in [-0.1, -0.05) is 6.92 Å². The van der Waals surface area contributed by atoms with Gasteiger partial charge in [-0.05, 0) is 35.9 Å². The number of nitrogens with zero attached hydrogens (tertiary/aromatic N) is 1. The Hall–Kier alpha value is -2.11. The molecular formula is C16H14F2N2O4S3. The minimum absolute atomic E-state index is 0.0322. The van der Waals surface area contributed by atoms with E-state index in [-0.39, 0.29) is 21.3 Å². The summed E-state index contributed by atoms with van der Waals surface area (Å²) in [5.41, 5.74) is 0.598. The monoisotopic (exact) mass is 432 g/mol. The number of benzene rings is 2. The zero-order valence-electron chi connectivity index (χ0n) is 13.9. The Morgan fingerprint density at radius 3 is 2.33 bits per heavy atom. The van der Waals surface area contributed by atoms with Crippen LogP contribution in [0.25, 0.3) is 10.2 Å².